The van der Waals surface area contributed by atoms with Crippen molar-refractivity contribution in [2.75, 3.05) is 27.9 Å². The van der Waals surface area contributed by atoms with Crippen LogP contribution in [0.15, 0.2) is 47.6 Å². The van der Waals surface area contributed by atoms with Gasteiger partial charge in [-0.15, -0.1) is 0 Å². The van der Waals surface area contributed by atoms with Gasteiger partial charge in [0, 0.05) is 51.9 Å². The predicted octanol–water partition coefficient (Wildman–Crippen LogP) is 7.04. The van der Waals surface area contributed by atoms with Crippen molar-refractivity contribution in [1.29, 1.82) is 0 Å². The van der Waals surface area contributed by atoms with Crippen molar-refractivity contribution < 1.29 is 58.2 Å². The number of allylic oxidation sites excluding steroid dienone is 6. The van der Waals surface area contributed by atoms with Gasteiger partial charge in [0.15, 0.2) is 5.78 Å². The quantitative estimate of drug-likeness (QED) is 0.183. The Balaban J connectivity index is 1.70. The summed E-state index contributed by atoms with van der Waals surface area (Å²) in [6.45, 7) is 15.2. The smallest absolute Gasteiger partial charge is 0.323 e. The summed E-state index contributed by atoms with van der Waals surface area (Å²) in [4.78, 5) is 58.8. The molecule has 0 aromatic heterocycles. The van der Waals surface area contributed by atoms with Crippen LogP contribution >= 0.6 is 0 Å². The third kappa shape index (κ3) is 14.6. The van der Waals surface area contributed by atoms with Gasteiger partial charge in [-0.2, -0.15) is 0 Å². The lowest BCUT2D eigenvalue weighted by molar-refractivity contribution is -0.269. The molecule has 3 fully saturated rings. The number of aliphatic hydroxyl groups is 3. The highest BCUT2D eigenvalue weighted by molar-refractivity contribution is 5.91. The normalized spacial score (nSPS) is 40.5. The van der Waals surface area contributed by atoms with E-state index in [1.807, 2.05) is 69.9 Å². The van der Waals surface area contributed by atoms with Crippen molar-refractivity contribution in [2.24, 2.45) is 35.5 Å². The maximum absolute atomic E-state index is 14.5. The van der Waals surface area contributed by atoms with Crippen LogP contribution in [0.3, 0.4) is 0 Å². The van der Waals surface area contributed by atoms with Gasteiger partial charge in [0.1, 0.15) is 30.1 Å². The molecule has 0 amide bonds. The van der Waals surface area contributed by atoms with E-state index in [1.165, 1.54) is 7.11 Å². The summed E-state index contributed by atoms with van der Waals surface area (Å²) in [5, 5.41) is 34.1. The zero-order valence-electron chi connectivity index (χ0n) is 41.3. The zero-order valence-corrected chi connectivity index (χ0v) is 41.3. The number of carbonyl (C=O) groups is 4. The van der Waals surface area contributed by atoms with Crippen LogP contribution < -0.4 is 0 Å². The third-order valence-corrected chi connectivity index (χ3v) is 15.0. The van der Waals surface area contributed by atoms with Gasteiger partial charge < -0.3 is 39.0 Å². The Hall–Kier alpha value is -2.88. The molecule has 1 saturated carbocycles. The average molecular weight is 914 g/mol. The number of nitrogens with zero attached hydrogens (tertiary/aromatic N) is 1. The van der Waals surface area contributed by atoms with Crippen molar-refractivity contribution in [1.82, 2.24) is 4.90 Å². The van der Waals surface area contributed by atoms with E-state index in [0.717, 1.165) is 24.8 Å². The molecule has 0 aromatic carbocycles. The van der Waals surface area contributed by atoms with E-state index >= 15 is 0 Å². The first-order chi connectivity index (χ1) is 30.7. The van der Waals surface area contributed by atoms with Gasteiger partial charge in [0.05, 0.1) is 30.5 Å². The molecule has 65 heavy (non-hydrogen) atoms. The van der Waals surface area contributed by atoms with Gasteiger partial charge in [-0.25, -0.2) is 0 Å². The van der Waals surface area contributed by atoms with Gasteiger partial charge in [0.25, 0.3) is 0 Å². The Morgan fingerprint density at radius 1 is 0.846 bits per heavy atom. The summed E-state index contributed by atoms with van der Waals surface area (Å²) >= 11 is 0. The molecule has 4 rings (SSSR count). The topological polar surface area (TPSA) is 178 Å². The second kappa shape index (κ2) is 25.5. The van der Waals surface area contributed by atoms with Gasteiger partial charge in [-0.1, -0.05) is 77.5 Å². The minimum atomic E-state index is -2.08. The van der Waals surface area contributed by atoms with Crippen LogP contribution in [-0.2, 0) is 42.9 Å². The van der Waals surface area contributed by atoms with Crippen LogP contribution in [0, 0.1) is 35.5 Å². The van der Waals surface area contributed by atoms with Gasteiger partial charge >= 0.3 is 5.97 Å². The van der Waals surface area contributed by atoms with Gasteiger partial charge in [0.2, 0.25) is 11.6 Å². The summed E-state index contributed by atoms with van der Waals surface area (Å²) in [5.41, 5.74) is 1.37. The maximum Gasteiger partial charge on any atom is 0.323 e. The van der Waals surface area contributed by atoms with Crippen LogP contribution in [0.25, 0.3) is 0 Å². The van der Waals surface area contributed by atoms with E-state index in [1.54, 1.807) is 41.1 Å². The van der Waals surface area contributed by atoms with Crippen LogP contribution in [0.1, 0.15) is 132 Å². The van der Waals surface area contributed by atoms with Crippen LogP contribution in [0.4, 0.5) is 0 Å². The number of ketones is 3. The molecule has 0 spiro atoms. The third-order valence-electron chi connectivity index (χ3n) is 15.0. The van der Waals surface area contributed by atoms with Crippen molar-refractivity contribution in [3.63, 3.8) is 0 Å². The molecule has 16 atom stereocenters. The number of esters is 1. The Morgan fingerprint density at radius 2 is 1.57 bits per heavy atom. The summed E-state index contributed by atoms with van der Waals surface area (Å²) in [6.07, 6.45) is 13.2. The fourth-order valence-corrected chi connectivity index (χ4v) is 10.6. The number of cyclic esters (lactones) is 1. The number of piperidine rings is 1. The molecule has 2 bridgehead atoms. The largest absolute Gasteiger partial charge is 0.460 e. The monoisotopic (exact) mass is 914 g/mol. The lowest BCUT2D eigenvalue weighted by Crippen LogP contribution is -2.61. The molecule has 0 aromatic rings. The number of ether oxygens (including phenoxy) is 5. The number of fused-ring (bicyclic) bond motifs is 3. The van der Waals surface area contributed by atoms with Crippen molar-refractivity contribution in [3.8, 4) is 0 Å². The molecule has 3 aliphatic heterocycles. The van der Waals surface area contributed by atoms with E-state index in [0.29, 0.717) is 63.5 Å². The molecule has 1 aliphatic carbocycles. The summed E-state index contributed by atoms with van der Waals surface area (Å²) in [6, 6.07) is -1.67. The first-order valence-electron chi connectivity index (χ1n) is 24.4. The number of Topliss-reactive ketones (excluding diaryl/α,β-unsaturated/α-hetero) is 3. The number of rotatable bonds is 6. The number of aliphatic hydroxyl groups excluding tert-OH is 2. The summed E-state index contributed by atoms with van der Waals surface area (Å²) in [5.74, 6) is -5.17. The van der Waals surface area contributed by atoms with E-state index in [-0.39, 0.29) is 47.9 Å². The van der Waals surface area contributed by atoms with E-state index in [4.69, 9.17) is 23.7 Å². The van der Waals surface area contributed by atoms with E-state index in [9.17, 15) is 34.5 Å². The Labute approximate surface area is 389 Å². The molecule has 368 valence electrons. The molecule has 4 aliphatic rings. The molecule has 0 radical (unpaired) electrons. The Bertz CT molecular complexity index is 1710. The molecule has 3 heterocycles. The lowest BCUT2D eigenvalue weighted by atomic mass is 9.78. The van der Waals surface area contributed by atoms with Gasteiger partial charge in [-0.05, 0) is 114 Å². The van der Waals surface area contributed by atoms with Crippen LogP contribution in [0.2, 0.25) is 0 Å². The molecule has 3 N–H and O–H groups in total. The number of hydrogen-bond acceptors (Lipinski definition) is 13. The average Bonchev–Trinajstić information content (AvgIpc) is 3.28. The van der Waals surface area contributed by atoms with Crippen LogP contribution in [-0.4, -0.2) is 132 Å². The number of carbonyl (C=O) groups excluding carboxylic acids is 4. The number of methoxy groups -OCH3 is 3. The summed E-state index contributed by atoms with van der Waals surface area (Å²) < 4.78 is 29.9. The van der Waals surface area contributed by atoms with Gasteiger partial charge in [-0.3, -0.25) is 24.1 Å². The molecule has 2 saturated heterocycles. The molecule has 13 nitrogen and oxygen atoms in total. The second-order valence-electron chi connectivity index (χ2n) is 20.0. The second-order valence-corrected chi connectivity index (χ2v) is 20.0. The van der Waals surface area contributed by atoms with Crippen molar-refractivity contribution in [2.45, 2.75) is 193 Å². The van der Waals surface area contributed by atoms with E-state index in [2.05, 4.69) is 0 Å². The summed E-state index contributed by atoms with van der Waals surface area (Å²) in [7, 11) is 4.62. The van der Waals surface area contributed by atoms with Crippen molar-refractivity contribution in [3.05, 3.63) is 47.6 Å². The van der Waals surface area contributed by atoms with Crippen LogP contribution in [0.5, 0.6) is 0 Å². The first-order valence-corrected chi connectivity index (χ1v) is 24.4. The Morgan fingerprint density at radius 3 is 2.25 bits per heavy atom. The molecular weight excluding hydrogens is 831 g/mol. The highest BCUT2D eigenvalue weighted by Gasteiger charge is 2.52. The SMILES string of the molecule is CO[C@H]1C[C@@H]2CC[C@@H](C)[C@@](O)(O2)C(=O)C(C)N2CCCC[C@H]2C(=O)O[C@H]([C@H](C)C[C@@H]2CC[C@@H](O)[C@H](OC)C2)CC(=O)[C@H](C)/C=C(\C)[C@@H](O)[C@@H](OC)C(=O)[C@H](C)C[C@H](C)/C=C/C=CC=C1C. The maximum atomic E-state index is 14.5. The number of hydrogen-bond donors (Lipinski definition) is 3. The lowest BCUT2D eigenvalue weighted by Gasteiger charge is -2.45. The predicted molar refractivity (Wildman–Crippen MR) is 250 cm³/mol. The minimum Gasteiger partial charge on any atom is -0.460 e. The fraction of sp³-hybridized carbons (Fsp3) is 0.769. The Kier molecular flexibility index (Phi) is 21.4. The van der Waals surface area contributed by atoms with Crippen molar-refractivity contribution >= 4 is 23.3 Å². The standard InChI is InChI=1S/C52H83NO12/c1-31-17-13-12-14-18-32(2)44(61-9)29-40-22-20-37(7)52(60,65-40)50(58)38(8)53-24-16-15-19-41(53)51(59)64-45(34(4)27-39-21-23-42(54)46(28-39)62-10)30-43(55)33(3)26-36(6)48(57)49(63-11)47(56)35(5)25-31/h12-14,17-18,26,31,33-35,37-42,44-46,48-49,54,57,60H,15-16,19-25,27-30H2,1-11H3/b14-12?,17-13+,32-18?,36-26+/t31-,33-,34-,35-,37-,38?,39+,40+,41+,42-,44+,45+,46-,48-,49+,52-/m1/s1. The molecular formula is C52H83NO12. The first kappa shape index (κ1) is 54.7. The molecule has 1 unspecified atom stereocenters. The fourth-order valence-electron chi connectivity index (χ4n) is 10.6. The highest BCUT2D eigenvalue weighted by atomic mass is 16.6. The molecule has 13 heteroatoms. The van der Waals surface area contributed by atoms with E-state index < -0.39 is 77.9 Å². The zero-order chi connectivity index (χ0) is 48.2. The minimum absolute atomic E-state index is 0.0432. The highest BCUT2D eigenvalue weighted by Crippen LogP contribution is 2.38.